The molecular weight excluding hydrogens is 355 g/mol. The third kappa shape index (κ3) is 1.95. The van der Waals surface area contributed by atoms with E-state index in [1.165, 1.54) is 45.2 Å². The molecule has 1 heteroatoms. The van der Waals surface area contributed by atoms with Gasteiger partial charge in [-0.25, -0.2) is 0 Å². The molecule has 0 nitrogen and oxygen atoms in total. The summed E-state index contributed by atoms with van der Waals surface area (Å²) in [6, 6.07) is 18.1. The van der Waals surface area contributed by atoms with Gasteiger partial charge in [-0.3, -0.25) is 0 Å². The zero-order valence-corrected chi connectivity index (χ0v) is 13.6. The molecule has 0 spiro atoms. The number of aryl methyl sites for hydroxylation is 1. The standard InChI is InChI=1S/C19H17I/c20-12-13-5-8-17-15(11-13)7-10-18-16-4-2-1-3-14(16)6-9-19(17)18/h1-4,6-7,9-10,13H,5,8,11-12H2. The van der Waals surface area contributed by atoms with Crippen LogP contribution in [0.3, 0.4) is 0 Å². The lowest BCUT2D eigenvalue weighted by Crippen LogP contribution is -2.15. The number of halogens is 1. The maximum Gasteiger partial charge on any atom is 0.00269 e. The van der Waals surface area contributed by atoms with Crippen molar-refractivity contribution in [3.05, 3.63) is 59.7 Å². The highest BCUT2D eigenvalue weighted by molar-refractivity contribution is 14.1. The molecule has 0 aliphatic heterocycles. The predicted octanol–water partition coefficient (Wildman–Crippen LogP) is 5.53. The molecule has 0 aromatic heterocycles. The van der Waals surface area contributed by atoms with Gasteiger partial charge >= 0.3 is 0 Å². The highest BCUT2D eigenvalue weighted by atomic mass is 127. The van der Waals surface area contributed by atoms with Crippen LogP contribution in [-0.4, -0.2) is 4.43 Å². The highest BCUT2D eigenvalue weighted by Crippen LogP contribution is 2.35. The van der Waals surface area contributed by atoms with Crippen LogP contribution >= 0.6 is 22.6 Å². The largest absolute Gasteiger partial charge is 0.0861 e. The third-order valence-corrected chi connectivity index (χ3v) is 5.91. The number of fused-ring (bicyclic) bond motifs is 5. The van der Waals surface area contributed by atoms with Gasteiger partial charge in [-0.1, -0.05) is 71.1 Å². The quantitative estimate of drug-likeness (QED) is 0.299. The van der Waals surface area contributed by atoms with E-state index in [-0.39, 0.29) is 0 Å². The van der Waals surface area contributed by atoms with Gasteiger partial charge in [0.15, 0.2) is 0 Å². The summed E-state index contributed by atoms with van der Waals surface area (Å²) in [6.07, 6.45) is 3.86. The maximum absolute atomic E-state index is 2.54. The van der Waals surface area contributed by atoms with Crippen molar-refractivity contribution in [2.75, 3.05) is 4.43 Å². The van der Waals surface area contributed by atoms with Crippen molar-refractivity contribution < 1.29 is 0 Å². The van der Waals surface area contributed by atoms with E-state index >= 15 is 0 Å². The number of benzene rings is 3. The second-order valence-corrected chi connectivity index (χ2v) is 6.73. The van der Waals surface area contributed by atoms with Crippen LogP contribution in [0.15, 0.2) is 48.5 Å². The Morgan fingerprint density at radius 1 is 0.900 bits per heavy atom. The first-order chi connectivity index (χ1) is 9.86. The lowest BCUT2D eigenvalue weighted by Gasteiger charge is -2.24. The Morgan fingerprint density at radius 3 is 2.65 bits per heavy atom. The van der Waals surface area contributed by atoms with Gasteiger partial charge in [-0.15, -0.1) is 0 Å². The van der Waals surface area contributed by atoms with Crippen molar-refractivity contribution in [1.82, 2.24) is 0 Å². The molecule has 0 radical (unpaired) electrons. The number of hydrogen-bond donors (Lipinski definition) is 0. The van der Waals surface area contributed by atoms with Crippen LogP contribution in [0.5, 0.6) is 0 Å². The summed E-state index contributed by atoms with van der Waals surface area (Å²) < 4.78 is 1.28. The Kier molecular flexibility index (Phi) is 3.18. The number of alkyl halides is 1. The van der Waals surface area contributed by atoms with Crippen molar-refractivity contribution >= 4 is 44.1 Å². The lowest BCUT2D eigenvalue weighted by molar-refractivity contribution is 0.518. The molecular formula is C19H17I. The number of hydrogen-bond acceptors (Lipinski definition) is 0. The van der Waals surface area contributed by atoms with Crippen molar-refractivity contribution in [1.29, 1.82) is 0 Å². The van der Waals surface area contributed by atoms with Crippen LogP contribution in [-0.2, 0) is 12.8 Å². The molecule has 0 N–H and O–H groups in total. The molecule has 100 valence electrons. The van der Waals surface area contributed by atoms with Crippen LogP contribution in [0, 0.1) is 5.92 Å². The first-order valence-electron chi connectivity index (χ1n) is 7.35. The van der Waals surface area contributed by atoms with Crippen molar-refractivity contribution in [3.63, 3.8) is 0 Å². The molecule has 0 amide bonds. The summed E-state index contributed by atoms with van der Waals surface area (Å²) in [5, 5.41) is 5.65. The van der Waals surface area contributed by atoms with E-state index in [0.29, 0.717) is 0 Å². The highest BCUT2D eigenvalue weighted by Gasteiger charge is 2.19. The van der Waals surface area contributed by atoms with Crippen LogP contribution in [0.4, 0.5) is 0 Å². The molecule has 0 bridgehead atoms. The average Bonchev–Trinajstić information content (AvgIpc) is 2.53. The summed E-state index contributed by atoms with van der Waals surface area (Å²) in [7, 11) is 0. The zero-order valence-electron chi connectivity index (χ0n) is 11.4. The minimum absolute atomic E-state index is 0.876. The van der Waals surface area contributed by atoms with E-state index in [2.05, 4.69) is 71.1 Å². The van der Waals surface area contributed by atoms with E-state index in [0.717, 1.165) is 5.92 Å². The van der Waals surface area contributed by atoms with E-state index in [9.17, 15) is 0 Å². The second kappa shape index (κ2) is 5.03. The Balaban J connectivity index is 1.99. The Bertz CT molecular complexity index is 788. The van der Waals surface area contributed by atoms with Gasteiger partial charge < -0.3 is 0 Å². The maximum atomic E-state index is 2.54. The van der Waals surface area contributed by atoms with Crippen molar-refractivity contribution in [3.8, 4) is 0 Å². The molecule has 1 aliphatic carbocycles. The molecule has 0 saturated heterocycles. The fourth-order valence-electron chi connectivity index (χ4n) is 3.58. The van der Waals surface area contributed by atoms with E-state index in [4.69, 9.17) is 0 Å². The molecule has 1 unspecified atom stereocenters. The van der Waals surface area contributed by atoms with Gasteiger partial charge in [0.25, 0.3) is 0 Å². The van der Waals surface area contributed by atoms with Crippen LogP contribution < -0.4 is 0 Å². The fraction of sp³-hybridized carbons (Fsp3) is 0.263. The Morgan fingerprint density at radius 2 is 1.75 bits per heavy atom. The van der Waals surface area contributed by atoms with E-state index < -0.39 is 0 Å². The molecule has 0 saturated carbocycles. The Labute approximate surface area is 133 Å². The Hall–Kier alpha value is -1.09. The SMILES string of the molecule is ICC1CCc2c(ccc3c2ccc2ccccc23)C1. The second-order valence-electron chi connectivity index (χ2n) is 5.85. The van der Waals surface area contributed by atoms with E-state index in [1.807, 2.05) is 0 Å². The summed E-state index contributed by atoms with van der Waals surface area (Å²) >= 11 is 2.54. The molecule has 1 aliphatic rings. The van der Waals surface area contributed by atoms with Crippen LogP contribution in [0.25, 0.3) is 21.5 Å². The minimum atomic E-state index is 0.876. The van der Waals surface area contributed by atoms with Gasteiger partial charge in [0.05, 0.1) is 0 Å². The van der Waals surface area contributed by atoms with E-state index in [1.54, 1.807) is 11.1 Å². The van der Waals surface area contributed by atoms with Crippen LogP contribution in [0.1, 0.15) is 17.5 Å². The first-order valence-corrected chi connectivity index (χ1v) is 8.87. The molecule has 1 atom stereocenters. The van der Waals surface area contributed by atoms with Gasteiger partial charge in [-0.05, 0) is 57.9 Å². The third-order valence-electron chi connectivity index (χ3n) is 4.66. The molecule has 0 fully saturated rings. The van der Waals surface area contributed by atoms with Gasteiger partial charge in [-0.2, -0.15) is 0 Å². The topological polar surface area (TPSA) is 0 Å². The summed E-state index contributed by atoms with van der Waals surface area (Å²) in [4.78, 5) is 0. The number of rotatable bonds is 1. The van der Waals surface area contributed by atoms with Crippen molar-refractivity contribution in [2.24, 2.45) is 5.92 Å². The predicted molar refractivity (Wildman–Crippen MR) is 95.9 cm³/mol. The summed E-state index contributed by atoms with van der Waals surface area (Å²) in [6.45, 7) is 0. The molecule has 0 heterocycles. The van der Waals surface area contributed by atoms with Gasteiger partial charge in [0, 0.05) is 4.43 Å². The molecule has 3 aromatic carbocycles. The normalized spacial score (nSPS) is 18.4. The van der Waals surface area contributed by atoms with Gasteiger partial charge in [0.2, 0.25) is 0 Å². The van der Waals surface area contributed by atoms with Crippen molar-refractivity contribution in [2.45, 2.75) is 19.3 Å². The van der Waals surface area contributed by atoms with Gasteiger partial charge in [0.1, 0.15) is 0 Å². The zero-order chi connectivity index (χ0) is 13.5. The fourth-order valence-corrected chi connectivity index (χ4v) is 4.33. The molecule has 4 rings (SSSR count). The smallest absolute Gasteiger partial charge is 0.00269 e. The first kappa shape index (κ1) is 12.6. The minimum Gasteiger partial charge on any atom is -0.0861 e. The summed E-state index contributed by atoms with van der Waals surface area (Å²) in [5.41, 5.74) is 3.19. The monoisotopic (exact) mass is 372 g/mol. The average molecular weight is 372 g/mol. The van der Waals surface area contributed by atoms with Crippen LogP contribution in [0.2, 0.25) is 0 Å². The lowest BCUT2D eigenvalue weighted by atomic mass is 9.82. The summed E-state index contributed by atoms with van der Waals surface area (Å²) in [5.74, 6) is 0.876. The molecule has 20 heavy (non-hydrogen) atoms. The molecule has 3 aromatic rings.